The number of amides is 1. The molecule has 4 heterocycles. The summed E-state index contributed by atoms with van der Waals surface area (Å²) in [5, 5.41) is 5.27. The van der Waals surface area contributed by atoms with Crippen molar-refractivity contribution in [2.24, 2.45) is 0 Å². The molecule has 2 aliphatic rings. The van der Waals surface area contributed by atoms with Gasteiger partial charge in [0.1, 0.15) is 0 Å². The van der Waals surface area contributed by atoms with Gasteiger partial charge in [-0.25, -0.2) is 0 Å². The second-order valence-electron chi connectivity index (χ2n) is 6.38. The average Bonchev–Trinajstić information content (AvgIpc) is 3.25. The van der Waals surface area contributed by atoms with Crippen LogP contribution >= 0.6 is 11.3 Å². The molecule has 2 aromatic heterocycles. The first-order chi connectivity index (χ1) is 11.8. The van der Waals surface area contributed by atoms with E-state index in [2.05, 4.69) is 32.7 Å². The fraction of sp³-hybridized carbons (Fsp3) is 0.444. The Morgan fingerprint density at radius 1 is 1.42 bits per heavy atom. The lowest BCUT2D eigenvalue weighted by Gasteiger charge is -2.32. The number of likely N-dealkylation sites (tertiary alicyclic amines) is 1. The molecule has 6 heteroatoms. The zero-order valence-electron chi connectivity index (χ0n) is 13.4. The number of carbonyl (C=O) groups excluding carboxylic acids is 1. The topological polar surface area (TPSA) is 54.5 Å². The highest BCUT2D eigenvalue weighted by molar-refractivity contribution is 7.09. The third kappa shape index (κ3) is 3.22. The number of ether oxygens (including phenoxy) is 1. The molecule has 0 unspecified atom stereocenters. The van der Waals surface area contributed by atoms with E-state index < -0.39 is 0 Å². The van der Waals surface area contributed by atoms with Gasteiger partial charge in [-0.3, -0.25) is 14.7 Å². The third-order valence-corrected chi connectivity index (χ3v) is 5.67. The predicted molar refractivity (Wildman–Crippen MR) is 93.0 cm³/mol. The first-order valence-electron chi connectivity index (χ1n) is 8.40. The molecule has 0 bridgehead atoms. The van der Waals surface area contributed by atoms with Crippen LogP contribution in [0.2, 0.25) is 0 Å². The van der Waals surface area contributed by atoms with Crippen molar-refractivity contribution < 1.29 is 9.53 Å². The summed E-state index contributed by atoms with van der Waals surface area (Å²) in [7, 11) is 0. The molecular formula is C18H21N3O2S. The van der Waals surface area contributed by atoms with Gasteiger partial charge in [0.15, 0.2) is 0 Å². The molecule has 2 fully saturated rings. The van der Waals surface area contributed by atoms with E-state index in [1.807, 2.05) is 0 Å². The lowest BCUT2D eigenvalue weighted by molar-refractivity contribution is -0.0210. The molecule has 2 aliphatic heterocycles. The van der Waals surface area contributed by atoms with Crippen LogP contribution in [0, 0.1) is 0 Å². The van der Waals surface area contributed by atoms with Gasteiger partial charge >= 0.3 is 0 Å². The van der Waals surface area contributed by atoms with Crippen LogP contribution in [0.15, 0.2) is 42.0 Å². The Morgan fingerprint density at radius 2 is 2.38 bits per heavy atom. The van der Waals surface area contributed by atoms with E-state index in [9.17, 15) is 4.79 Å². The fourth-order valence-electron chi connectivity index (χ4n) is 3.71. The van der Waals surface area contributed by atoms with Gasteiger partial charge < -0.3 is 10.1 Å². The van der Waals surface area contributed by atoms with Gasteiger partial charge in [-0.15, -0.1) is 11.3 Å². The van der Waals surface area contributed by atoms with E-state index in [1.54, 1.807) is 35.9 Å². The van der Waals surface area contributed by atoms with Gasteiger partial charge in [0.25, 0.3) is 5.91 Å². The minimum absolute atomic E-state index is 0.0305. The highest BCUT2D eigenvalue weighted by atomic mass is 32.1. The molecule has 0 aromatic carbocycles. The average molecular weight is 343 g/mol. The lowest BCUT2D eigenvalue weighted by Crippen LogP contribution is -2.47. The number of hydrogen-bond acceptors (Lipinski definition) is 5. The molecule has 1 N–H and O–H groups in total. The third-order valence-electron chi connectivity index (χ3n) is 4.81. The number of rotatable bonds is 4. The predicted octanol–water partition coefficient (Wildman–Crippen LogP) is 2.30. The summed E-state index contributed by atoms with van der Waals surface area (Å²) in [5.74, 6) is -0.0704. The van der Waals surface area contributed by atoms with Crippen molar-refractivity contribution in [3.8, 4) is 0 Å². The van der Waals surface area contributed by atoms with Gasteiger partial charge in [-0.2, -0.15) is 0 Å². The number of thiophene rings is 1. The molecule has 4 rings (SSSR count). The van der Waals surface area contributed by atoms with Crippen LogP contribution in [0.25, 0.3) is 0 Å². The molecular weight excluding hydrogens is 322 g/mol. The monoisotopic (exact) mass is 343 g/mol. The minimum Gasteiger partial charge on any atom is -0.374 e. The van der Waals surface area contributed by atoms with Crippen LogP contribution < -0.4 is 5.32 Å². The summed E-state index contributed by atoms with van der Waals surface area (Å²) in [4.78, 5) is 20.3. The van der Waals surface area contributed by atoms with Gasteiger partial charge in [-0.1, -0.05) is 6.07 Å². The molecule has 3 atom stereocenters. The molecule has 2 saturated heterocycles. The summed E-state index contributed by atoms with van der Waals surface area (Å²) in [6, 6.07) is 8.26. The Labute approximate surface area is 145 Å². The zero-order chi connectivity index (χ0) is 16.4. The molecule has 1 amide bonds. The van der Waals surface area contributed by atoms with Crippen molar-refractivity contribution in [2.45, 2.75) is 37.6 Å². The maximum atomic E-state index is 12.5. The number of nitrogens with zero attached hydrogens (tertiary/aromatic N) is 2. The van der Waals surface area contributed by atoms with Gasteiger partial charge in [0.2, 0.25) is 0 Å². The van der Waals surface area contributed by atoms with Gasteiger partial charge in [0, 0.05) is 43.0 Å². The molecule has 126 valence electrons. The maximum absolute atomic E-state index is 12.5. The van der Waals surface area contributed by atoms with E-state index in [-0.39, 0.29) is 18.1 Å². The molecule has 2 aromatic rings. The standard InChI is InChI=1S/C18H21N3O2S/c22-18(13-4-1-7-19-10-13)20-15-12-21(11-14-5-3-9-24-14)16-6-2-8-23-17(15)16/h1,3-5,7,9-10,15-17H,2,6,8,11-12H2,(H,20,22)/t15-,16+,17+/m1/s1. The van der Waals surface area contributed by atoms with E-state index in [1.165, 1.54) is 4.88 Å². The van der Waals surface area contributed by atoms with E-state index in [4.69, 9.17) is 4.74 Å². The highest BCUT2D eigenvalue weighted by Gasteiger charge is 2.44. The van der Waals surface area contributed by atoms with Crippen molar-refractivity contribution in [3.05, 3.63) is 52.5 Å². The smallest absolute Gasteiger partial charge is 0.253 e. The first kappa shape index (κ1) is 15.7. The summed E-state index contributed by atoms with van der Waals surface area (Å²) < 4.78 is 6.03. The number of carbonyl (C=O) groups is 1. The van der Waals surface area contributed by atoms with Crippen LogP contribution in [-0.2, 0) is 11.3 Å². The summed E-state index contributed by atoms with van der Waals surface area (Å²) in [5.41, 5.74) is 0.599. The summed E-state index contributed by atoms with van der Waals surface area (Å²) in [6.07, 6.45) is 5.59. The largest absolute Gasteiger partial charge is 0.374 e. The van der Waals surface area contributed by atoms with Crippen molar-refractivity contribution in [1.82, 2.24) is 15.2 Å². The number of pyridine rings is 1. The molecule has 0 spiro atoms. The first-order valence-corrected chi connectivity index (χ1v) is 9.28. The highest BCUT2D eigenvalue weighted by Crippen LogP contribution is 2.31. The molecule has 0 aliphatic carbocycles. The number of hydrogen-bond donors (Lipinski definition) is 1. The van der Waals surface area contributed by atoms with E-state index in [0.29, 0.717) is 11.6 Å². The number of aromatic nitrogens is 1. The van der Waals surface area contributed by atoms with Crippen LogP contribution in [0.3, 0.4) is 0 Å². The quantitative estimate of drug-likeness (QED) is 0.926. The maximum Gasteiger partial charge on any atom is 0.253 e. The second-order valence-corrected chi connectivity index (χ2v) is 7.41. The van der Waals surface area contributed by atoms with Gasteiger partial charge in [0.05, 0.1) is 17.7 Å². The fourth-order valence-corrected chi connectivity index (χ4v) is 4.44. The molecule has 24 heavy (non-hydrogen) atoms. The summed E-state index contributed by atoms with van der Waals surface area (Å²) >= 11 is 1.78. The van der Waals surface area contributed by atoms with Crippen LogP contribution in [0.5, 0.6) is 0 Å². The lowest BCUT2D eigenvalue weighted by atomic mass is 10.0. The molecule has 0 saturated carbocycles. The number of nitrogens with one attached hydrogen (secondary N) is 1. The Balaban J connectivity index is 1.47. The number of fused-ring (bicyclic) bond motifs is 1. The second kappa shape index (κ2) is 7.01. The van der Waals surface area contributed by atoms with Gasteiger partial charge in [-0.05, 0) is 36.4 Å². The summed E-state index contributed by atoms with van der Waals surface area (Å²) in [6.45, 7) is 2.55. The van der Waals surface area contributed by atoms with Crippen molar-refractivity contribution >= 4 is 17.2 Å². The van der Waals surface area contributed by atoms with Crippen molar-refractivity contribution in [1.29, 1.82) is 0 Å². The Hall–Kier alpha value is -1.76. The van der Waals surface area contributed by atoms with Crippen LogP contribution in [0.1, 0.15) is 28.1 Å². The Morgan fingerprint density at radius 3 is 3.17 bits per heavy atom. The van der Waals surface area contributed by atoms with E-state index >= 15 is 0 Å². The minimum atomic E-state index is -0.0704. The molecule has 5 nitrogen and oxygen atoms in total. The zero-order valence-corrected chi connectivity index (χ0v) is 14.2. The van der Waals surface area contributed by atoms with Crippen molar-refractivity contribution in [2.75, 3.05) is 13.2 Å². The molecule has 0 radical (unpaired) electrons. The van der Waals surface area contributed by atoms with Crippen LogP contribution in [0.4, 0.5) is 0 Å². The van der Waals surface area contributed by atoms with E-state index in [0.717, 1.165) is 32.5 Å². The Bertz CT molecular complexity index is 677. The SMILES string of the molecule is O=C(N[C@@H]1CN(Cc2cccs2)[C@H]2CCCO[C@@H]12)c1cccnc1. The van der Waals surface area contributed by atoms with Crippen LogP contribution in [-0.4, -0.2) is 47.1 Å². The Kier molecular flexibility index (Phi) is 4.60. The normalized spacial score (nSPS) is 26.9. The van der Waals surface area contributed by atoms with Crippen molar-refractivity contribution in [3.63, 3.8) is 0 Å².